The molecule has 0 amide bonds. The lowest BCUT2D eigenvalue weighted by Crippen LogP contribution is -2.15. The monoisotopic (exact) mass is 201 g/mol. The molecule has 1 N–H and O–H groups in total. The molecule has 1 aliphatic carbocycles. The smallest absolute Gasteiger partial charge is 0.0931 e. The van der Waals surface area contributed by atoms with Gasteiger partial charge in [0.1, 0.15) is 0 Å². The second-order valence-corrected chi connectivity index (χ2v) is 5.08. The summed E-state index contributed by atoms with van der Waals surface area (Å²) >= 11 is 7.47. The van der Waals surface area contributed by atoms with Gasteiger partial charge in [0.05, 0.1) is 4.34 Å². The van der Waals surface area contributed by atoms with Crippen molar-refractivity contribution in [1.82, 2.24) is 5.32 Å². The summed E-state index contributed by atoms with van der Waals surface area (Å²) in [7, 11) is 0. The van der Waals surface area contributed by atoms with E-state index in [-0.39, 0.29) is 0 Å². The van der Waals surface area contributed by atoms with Crippen molar-refractivity contribution in [3.8, 4) is 0 Å². The highest BCUT2D eigenvalue weighted by Gasteiger charge is 2.20. The van der Waals surface area contributed by atoms with E-state index in [2.05, 4.69) is 11.4 Å². The Morgan fingerprint density at radius 1 is 1.50 bits per heavy atom. The van der Waals surface area contributed by atoms with Crippen LogP contribution in [-0.4, -0.2) is 6.54 Å². The van der Waals surface area contributed by atoms with Crippen LogP contribution in [0.2, 0.25) is 4.34 Å². The SMILES string of the molecule is Clc1ccc(CNCC2CC2)s1. The van der Waals surface area contributed by atoms with E-state index in [0.29, 0.717) is 0 Å². The molecule has 3 heteroatoms. The number of hydrogen-bond donors (Lipinski definition) is 1. The van der Waals surface area contributed by atoms with Crippen molar-refractivity contribution in [3.63, 3.8) is 0 Å². The number of halogens is 1. The zero-order valence-electron chi connectivity index (χ0n) is 6.85. The Morgan fingerprint density at radius 2 is 2.33 bits per heavy atom. The highest BCUT2D eigenvalue weighted by molar-refractivity contribution is 7.16. The molecule has 0 aliphatic heterocycles. The van der Waals surface area contributed by atoms with E-state index in [1.54, 1.807) is 11.3 Å². The quantitative estimate of drug-likeness (QED) is 0.790. The van der Waals surface area contributed by atoms with Crippen molar-refractivity contribution < 1.29 is 0 Å². The Labute approximate surface area is 81.7 Å². The van der Waals surface area contributed by atoms with Crippen LogP contribution in [0.4, 0.5) is 0 Å². The van der Waals surface area contributed by atoms with Crippen molar-refractivity contribution in [2.24, 2.45) is 5.92 Å². The standard InChI is InChI=1S/C9H12ClNS/c10-9-4-3-8(12-9)6-11-5-7-1-2-7/h3-4,7,11H,1-2,5-6H2. The third kappa shape index (κ3) is 2.47. The largest absolute Gasteiger partial charge is 0.312 e. The Balaban J connectivity index is 1.71. The molecule has 1 saturated carbocycles. The summed E-state index contributed by atoms with van der Waals surface area (Å²) in [6, 6.07) is 4.05. The minimum Gasteiger partial charge on any atom is -0.312 e. The molecule has 0 saturated heterocycles. The van der Waals surface area contributed by atoms with Gasteiger partial charge >= 0.3 is 0 Å². The molecule has 0 atom stereocenters. The van der Waals surface area contributed by atoms with Gasteiger partial charge in [0.25, 0.3) is 0 Å². The zero-order valence-corrected chi connectivity index (χ0v) is 8.42. The fourth-order valence-corrected chi connectivity index (χ4v) is 2.23. The van der Waals surface area contributed by atoms with Crippen molar-refractivity contribution in [2.45, 2.75) is 19.4 Å². The van der Waals surface area contributed by atoms with Gasteiger partial charge in [0.2, 0.25) is 0 Å². The van der Waals surface area contributed by atoms with Gasteiger partial charge in [-0.25, -0.2) is 0 Å². The number of hydrogen-bond acceptors (Lipinski definition) is 2. The van der Waals surface area contributed by atoms with Gasteiger partial charge in [-0.2, -0.15) is 0 Å². The van der Waals surface area contributed by atoms with Gasteiger partial charge in [-0.15, -0.1) is 11.3 Å². The van der Waals surface area contributed by atoms with E-state index >= 15 is 0 Å². The summed E-state index contributed by atoms with van der Waals surface area (Å²) in [4.78, 5) is 1.33. The van der Waals surface area contributed by atoms with E-state index in [0.717, 1.165) is 16.8 Å². The van der Waals surface area contributed by atoms with Crippen LogP contribution < -0.4 is 5.32 Å². The summed E-state index contributed by atoms with van der Waals surface area (Å²) in [6.45, 7) is 2.16. The summed E-state index contributed by atoms with van der Waals surface area (Å²) in [6.07, 6.45) is 2.83. The van der Waals surface area contributed by atoms with Gasteiger partial charge in [-0.05, 0) is 37.4 Å². The Morgan fingerprint density at radius 3 is 2.92 bits per heavy atom. The average Bonchev–Trinajstić information content (AvgIpc) is 2.76. The van der Waals surface area contributed by atoms with Crippen molar-refractivity contribution in [2.75, 3.05) is 6.54 Å². The maximum Gasteiger partial charge on any atom is 0.0931 e. The first-order valence-corrected chi connectivity index (χ1v) is 5.49. The normalized spacial score (nSPS) is 16.8. The maximum atomic E-state index is 5.80. The van der Waals surface area contributed by atoms with Gasteiger partial charge in [0, 0.05) is 11.4 Å². The summed E-state index contributed by atoms with van der Waals surface area (Å²) in [5.41, 5.74) is 0. The minimum atomic E-state index is 0.887. The average molecular weight is 202 g/mol. The fraction of sp³-hybridized carbons (Fsp3) is 0.556. The van der Waals surface area contributed by atoms with Crippen LogP contribution in [0, 0.1) is 5.92 Å². The van der Waals surface area contributed by atoms with Crippen LogP contribution >= 0.6 is 22.9 Å². The number of thiophene rings is 1. The van der Waals surface area contributed by atoms with E-state index in [4.69, 9.17) is 11.6 Å². The van der Waals surface area contributed by atoms with Gasteiger partial charge in [-0.1, -0.05) is 11.6 Å². The topological polar surface area (TPSA) is 12.0 Å². The van der Waals surface area contributed by atoms with E-state index < -0.39 is 0 Å². The molecular weight excluding hydrogens is 190 g/mol. The first-order chi connectivity index (χ1) is 5.84. The molecule has 0 spiro atoms. The second-order valence-electron chi connectivity index (χ2n) is 3.28. The summed E-state index contributed by atoms with van der Waals surface area (Å²) in [5, 5.41) is 3.43. The molecule has 0 aromatic carbocycles. The molecule has 1 heterocycles. The van der Waals surface area contributed by atoms with Gasteiger partial charge in [0.15, 0.2) is 0 Å². The minimum absolute atomic E-state index is 0.887. The Kier molecular flexibility index (Phi) is 2.69. The third-order valence-electron chi connectivity index (χ3n) is 2.06. The molecule has 1 aliphatic rings. The van der Waals surface area contributed by atoms with Crippen molar-refractivity contribution in [3.05, 3.63) is 21.3 Å². The van der Waals surface area contributed by atoms with Gasteiger partial charge in [-0.3, -0.25) is 0 Å². The third-order valence-corrected chi connectivity index (χ3v) is 3.29. The highest BCUT2D eigenvalue weighted by atomic mass is 35.5. The lowest BCUT2D eigenvalue weighted by molar-refractivity contribution is 0.643. The predicted octanol–water partition coefficient (Wildman–Crippen LogP) is 2.90. The van der Waals surface area contributed by atoms with Crippen LogP contribution in [-0.2, 0) is 6.54 Å². The van der Waals surface area contributed by atoms with Crippen LogP contribution in [0.15, 0.2) is 12.1 Å². The Hall–Kier alpha value is -0.0500. The number of rotatable bonds is 4. The van der Waals surface area contributed by atoms with Crippen molar-refractivity contribution >= 4 is 22.9 Å². The van der Waals surface area contributed by atoms with Crippen LogP contribution in [0.25, 0.3) is 0 Å². The molecule has 1 nitrogen and oxygen atoms in total. The fourth-order valence-electron chi connectivity index (χ4n) is 1.17. The maximum absolute atomic E-state index is 5.80. The molecule has 0 unspecified atom stereocenters. The van der Waals surface area contributed by atoms with E-state index in [9.17, 15) is 0 Å². The molecule has 2 rings (SSSR count). The Bertz CT molecular complexity index is 255. The zero-order chi connectivity index (χ0) is 8.39. The molecule has 0 bridgehead atoms. The molecule has 1 aromatic rings. The lowest BCUT2D eigenvalue weighted by Gasteiger charge is -1.99. The molecule has 0 radical (unpaired) electrons. The first-order valence-electron chi connectivity index (χ1n) is 4.29. The summed E-state index contributed by atoms with van der Waals surface area (Å²) in [5.74, 6) is 0.959. The molecule has 66 valence electrons. The van der Waals surface area contributed by atoms with E-state index in [1.807, 2.05) is 6.07 Å². The van der Waals surface area contributed by atoms with Crippen LogP contribution in [0.5, 0.6) is 0 Å². The number of nitrogens with one attached hydrogen (secondary N) is 1. The first kappa shape index (κ1) is 8.54. The lowest BCUT2D eigenvalue weighted by atomic mass is 10.4. The highest BCUT2D eigenvalue weighted by Crippen LogP contribution is 2.28. The van der Waals surface area contributed by atoms with Crippen LogP contribution in [0.1, 0.15) is 17.7 Å². The second kappa shape index (κ2) is 3.77. The summed E-state index contributed by atoms with van der Waals surface area (Å²) < 4.78 is 0.887. The van der Waals surface area contributed by atoms with Crippen molar-refractivity contribution in [1.29, 1.82) is 0 Å². The van der Waals surface area contributed by atoms with E-state index in [1.165, 1.54) is 24.3 Å². The van der Waals surface area contributed by atoms with Crippen LogP contribution in [0.3, 0.4) is 0 Å². The molecule has 1 fully saturated rings. The molecule has 1 aromatic heterocycles. The molecule has 12 heavy (non-hydrogen) atoms. The molecular formula is C9H12ClNS. The van der Waals surface area contributed by atoms with Gasteiger partial charge < -0.3 is 5.32 Å². The predicted molar refractivity (Wildman–Crippen MR) is 53.8 cm³/mol.